The summed E-state index contributed by atoms with van der Waals surface area (Å²) in [7, 11) is 0. The van der Waals surface area contributed by atoms with E-state index in [0.717, 1.165) is 16.3 Å². The van der Waals surface area contributed by atoms with Gasteiger partial charge in [-0.05, 0) is 29.1 Å². The van der Waals surface area contributed by atoms with Crippen molar-refractivity contribution in [3.8, 4) is 6.07 Å². The molecule has 1 aromatic heterocycles. The van der Waals surface area contributed by atoms with Gasteiger partial charge in [0.25, 0.3) is 0 Å². The molecule has 0 amide bonds. The maximum atomic E-state index is 12.3. The number of benzene rings is 3. The Labute approximate surface area is 213 Å². The lowest BCUT2D eigenvalue weighted by atomic mass is 9.75. The van der Waals surface area contributed by atoms with Crippen molar-refractivity contribution in [3.63, 3.8) is 0 Å². The minimum Gasteiger partial charge on any atom is -0.762 e. The molecule has 0 radical (unpaired) electrons. The molecule has 1 aliphatic rings. The highest BCUT2D eigenvalue weighted by molar-refractivity contribution is 7.63. The van der Waals surface area contributed by atoms with E-state index in [4.69, 9.17) is 35.8 Å². The van der Waals surface area contributed by atoms with Crippen LogP contribution in [-0.4, -0.2) is 5.11 Å². The maximum absolute atomic E-state index is 12.3. The van der Waals surface area contributed by atoms with Gasteiger partial charge in [0.2, 0.25) is 11.8 Å². The van der Waals surface area contributed by atoms with Gasteiger partial charge >= 0.3 is 0 Å². The summed E-state index contributed by atoms with van der Waals surface area (Å²) in [5.74, 6) is -0.593. The van der Waals surface area contributed by atoms with E-state index >= 15 is 0 Å². The van der Waals surface area contributed by atoms with E-state index in [1.54, 1.807) is 12.1 Å². The number of hydrogen-bond acceptors (Lipinski definition) is 4. The number of fused-ring (bicyclic) bond motifs is 1. The third kappa shape index (κ3) is 3.79. The molecule has 1 aliphatic heterocycles. The molecular formula is C27H19Cl2N3OS. The minimum atomic E-state index is -1.61. The van der Waals surface area contributed by atoms with Gasteiger partial charge in [-0.15, -0.1) is 0 Å². The third-order valence-corrected chi connectivity index (χ3v) is 7.33. The summed E-state index contributed by atoms with van der Waals surface area (Å²) in [6.45, 7) is 0. The second-order valence-corrected chi connectivity index (χ2v) is 9.45. The number of pyridine rings is 1. The highest BCUT2D eigenvalue weighted by atomic mass is 35.5. The molecule has 34 heavy (non-hydrogen) atoms. The second kappa shape index (κ2) is 8.90. The quantitative estimate of drug-likeness (QED) is 0.286. The molecule has 0 bridgehead atoms. The Bertz CT molecular complexity index is 1470. The number of allylic oxidation sites excluding steroid dienone is 1. The molecule has 0 saturated carbocycles. The number of halogens is 2. The summed E-state index contributed by atoms with van der Waals surface area (Å²) >= 11 is 18.2. The molecule has 5 rings (SSSR count). The fraction of sp³-hybridized carbons (Fsp3) is 0.111. The maximum Gasteiger partial charge on any atom is 0.225 e. The lowest BCUT2D eigenvalue weighted by Gasteiger charge is -2.45. The van der Waals surface area contributed by atoms with Crippen LogP contribution in [0.5, 0.6) is 0 Å². The molecule has 0 saturated heterocycles. The van der Waals surface area contributed by atoms with Gasteiger partial charge in [-0.1, -0.05) is 82.8 Å². The number of rotatable bonds is 3. The number of nitrogens with one attached hydrogen (secondary N) is 1. The van der Waals surface area contributed by atoms with E-state index in [-0.39, 0.29) is 5.03 Å². The van der Waals surface area contributed by atoms with Crippen molar-refractivity contribution in [2.45, 2.75) is 17.7 Å². The van der Waals surface area contributed by atoms with Crippen LogP contribution in [0.15, 0.2) is 102 Å². The van der Waals surface area contributed by atoms with Crippen LogP contribution in [0.2, 0.25) is 10.0 Å². The standard InChI is InChI=1S/C27H19Cl2N3OS/c28-22-11-10-18(14-23(22)29)24-21(15-30)26(34)31-27(33,20-8-2-1-3-9-20)25(24)32-13-12-17-6-4-5-7-19(17)16-32/h1-14,16,24-25,31,33H. The molecule has 3 aromatic carbocycles. The van der Waals surface area contributed by atoms with Crippen LogP contribution in [0.1, 0.15) is 23.1 Å². The van der Waals surface area contributed by atoms with Crippen molar-refractivity contribution in [2.75, 3.05) is 0 Å². The third-order valence-electron chi connectivity index (χ3n) is 6.27. The summed E-state index contributed by atoms with van der Waals surface area (Å²) in [6, 6.07) is 26.1. The Kier molecular flexibility index (Phi) is 5.93. The van der Waals surface area contributed by atoms with Crippen LogP contribution in [-0.2, 0) is 18.4 Å². The largest absolute Gasteiger partial charge is 0.762 e. The molecule has 3 atom stereocenters. The first-order valence-corrected chi connectivity index (χ1v) is 11.8. The van der Waals surface area contributed by atoms with Gasteiger partial charge in [0.1, 0.15) is 0 Å². The summed E-state index contributed by atoms with van der Waals surface area (Å²) in [5.41, 5.74) is 0.0994. The fourth-order valence-corrected chi connectivity index (χ4v) is 5.31. The minimum absolute atomic E-state index is 0.197. The zero-order valence-corrected chi connectivity index (χ0v) is 20.1. The topological polar surface area (TPSA) is 59.9 Å². The van der Waals surface area contributed by atoms with Crippen molar-refractivity contribution in [1.29, 1.82) is 5.26 Å². The number of hydrogen-bond donors (Lipinski definition) is 2. The van der Waals surface area contributed by atoms with Gasteiger partial charge in [-0.3, -0.25) is 0 Å². The second-order valence-electron chi connectivity index (χ2n) is 8.23. The average molecular weight is 504 g/mol. The predicted octanol–water partition coefficient (Wildman–Crippen LogP) is 5.49. The molecule has 4 nitrogen and oxygen atoms in total. The summed E-state index contributed by atoms with van der Waals surface area (Å²) in [6.07, 6.45) is 3.89. The van der Waals surface area contributed by atoms with Crippen molar-refractivity contribution in [1.82, 2.24) is 5.32 Å². The smallest absolute Gasteiger partial charge is 0.225 e. The Balaban J connectivity index is 1.82. The van der Waals surface area contributed by atoms with Gasteiger partial charge in [0.05, 0.1) is 22.0 Å². The Morgan fingerprint density at radius 3 is 2.35 bits per heavy atom. The zero-order valence-electron chi connectivity index (χ0n) is 17.8. The lowest BCUT2D eigenvalue weighted by Crippen LogP contribution is -2.62. The predicted molar refractivity (Wildman–Crippen MR) is 136 cm³/mol. The van der Waals surface area contributed by atoms with Crippen LogP contribution in [0.3, 0.4) is 0 Å². The molecule has 7 heteroatoms. The van der Waals surface area contributed by atoms with Gasteiger partial charge < -0.3 is 23.1 Å². The number of aliphatic hydroxyl groups is 1. The molecule has 0 spiro atoms. The molecule has 168 valence electrons. The highest BCUT2D eigenvalue weighted by Gasteiger charge is 2.54. The number of aromatic nitrogens is 1. The summed E-state index contributed by atoms with van der Waals surface area (Å²) < 4.78 is 1.94. The fourth-order valence-electron chi connectivity index (χ4n) is 4.68. The molecule has 2 N–H and O–H groups in total. The first kappa shape index (κ1) is 22.6. The van der Waals surface area contributed by atoms with Crippen molar-refractivity contribution in [3.05, 3.63) is 123 Å². The molecular weight excluding hydrogens is 485 g/mol. The van der Waals surface area contributed by atoms with Gasteiger partial charge in [-0.2, -0.15) is 9.83 Å². The van der Waals surface area contributed by atoms with Crippen molar-refractivity contribution >= 4 is 46.6 Å². The van der Waals surface area contributed by atoms with Crippen LogP contribution in [0.25, 0.3) is 10.8 Å². The van der Waals surface area contributed by atoms with Crippen LogP contribution in [0, 0.1) is 11.3 Å². The zero-order chi connectivity index (χ0) is 23.9. The van der Waals surface area contributed by atoms with Crippen LogP contribution in [0.4, 0.5) is 0 Å². The van der Waals surface area contributed by atoms with Crippen LogP contribution < -0.4 is 9.88 Å². The van der Waals surface area contributed by atoms with Crippen LogP contribution >= 0.6 is 23.2 Å². The number of nitriles is 1. The average Bonchev–Trinajstić information content (AvgIpc) is 2.85. The van der Waals surface area contributed by atoms with Crippen molar-refractivity contribution in [2.24, 2.45) is 0 Å². The van der Waals surface area contributed by atoms with E-state index in [1.165, 1.54) is 0 Å². The summed E-state index contributed by atoms with van der Waals surface area (Å²) in [5, 5.41) is 28.5. The van der Waals surface area contributed by atoms with E-state index in [0.29, 0.717) is 21.2 Å². The van der Waals surface area contributed by atoms with E-state index < -0.39 is 17.7 Å². The Hall–Kier alpha value is -3.14. The molecule has 0 fully saturated rings. The number of nitrogens with zero attached hydrogens (tertiary/aromatic N) is 2. The SMILES string of the molecule is N#CC1=C([S-])NC(O)(c2ccccc2)C([n+]2ccc3ccccc3c2)C1c1ccc(Cl)c(Cl)c1. The molecule has 2 heterocycles. The molecule has 3 unspecified atom stereocenters. The first-order chi connectivity index (χ1) is 16.4. The van der Waals surface area contributed by atoms with Gasteiger partial charge in [0, 0.05) is 22.6 Å². The van der Waals surface area contributed by atoms with E-state index in [1.807, 2.05) is 83.7 Å². The lowest BCUT2D eigenvalue weighted by molar-refractivity contribution is -0.742. The molecule has 0 aliphatic carbocycles. The Morgan fingerprint density at radius 1 is 0.941 bits per heavy atom. The monoisotopic (exact) mass is 503 g/mol. The van der Waals surface area contributed by atoms with Gasteiger partial charge in [-0.25, -0.2) is 0 Å². The molecule has 4 aromatic rings. The Morgan fingerprint density at radius 2 is 1.65 bits per heavy atom. The van der Waals surface area contributed by atoms with Crippen molar-refractivity contribution < 1.29 is 9.67 Å². The normalized spacial score (nSPS) is 22.3. The van der Waals surface area contributed by atoms with E-state index in [9.17, 15) is 10.4 Å². The van der Waals surface area contributed by atoms with Gasteiger partial charge in [0.15, 0.2) is 12.4 Å². The van der Waals surface area contributed by atoms with E-state index in [2.05, 4.69) is 11.4 Å². The summed E-state index contributed by atoms with van der Waals surface area (Å²) in [4.78, 5) is 0. The first-order valence-electron chi connectivity index (χ1n) is 10.6. The highest BCUT2D eigenvalue weighted by Crippen LogP contribution is 2.47.